The van der Waals surface area contributed by atoms with E-state index >= 15 is 0 Å². The summed E-state index contributed by atoms with van der Waals surface area (Å²) in [7, 11) is 3.41. The Morgan fingerprint density at radius 2 is 1.75 bits per heavy atom. The molecule has 5 nitrogen and oxygen atoms in total. The van der Waals surface area contributed by atoms with Crippen LogP contribution in [0.25, 0.3) is 0 Å². The fraction of sp³-hybridized carbons (Fsp3) is 0.316. The van der Waals surface area contributed by atoms with Crippen LogP contribution < -0.4 is 14.8 Å². The fourth-order valence-corrected chi connectivity index (χ4v) is 2.25. The molecule has 0 saturated carbocycles. The van der Waals surface area contributed by atoms with Crippen molar-refractivity contribution in [1.82, 2.24) is 10.2 Å². The first-order chi connectivity index (χ1) is 11.6. The Hall–Kier alpha value is -2.69. The van der Waals surface area contributed by atoms with E-state index in [1.165, 1.54) is 5.56 Å². The zero-order valence-electron chi connectivity index (χ0n) is 14.4. The van der Waals surface area contributed by atoms with Crippen molar-refractivity contribution in [3.63, 3.8) is 0 Å². The molecule has 0 aliphatic heterocycles. The van der Waals surface area contributed by atoms with Gasteiger partial charge in [0.1, 0.15) is 18.1 Å². The largest absolute Gasteiger partial charge is 0.497 e. The molecule has 0 saturated heterocycles. The molecule has 5 heteroatoms. The van der Waals surface area contributed by atoms with Crippen LogP contribution in [-0.2, 0) is 6.54 Å². The van der Waals surface area contributed by atoms with E-state index in [0.717, 1.165) is 17.1 Å². The summed E-state index contributed by atoms with van der Waals surface area (Å²) >= 11 is 0. The summed E-state index contributed by atoms with van der Waals surface area (Å²) in [5.74, 6) is 1.53. The third kappa shape index (κ3) is 5.19. The Labute approximate surface area is 143 Å². The van der Waals surface area contributed by atoms with E-state index in [2.05, 4.69) is 5.32 Å². The van der Waals surface area contributed by atoms with Crippen LogP contribution in [0.15, 0.2) is 48.5 Å². The van der Waals surface area contributed by atoms with Crippen LogP contribution in [0.3, 0.4) is 0 Å². The average molecular weight is 328 g/mol. The number of hydrogen-bond acceptors (Lipinski definition) is 3. The first kappa shape index (κ1) is 17.7. The lowest BCUT2D eigenvalue weighted by atomic mass is 10.1. The van der Waals surface area contributed by atoms with Gasteiger partial charge in [0.25, 0.3) is 0 Å². The number of urea groups is 1. The predicted molar refractivity (Wildman–Crippen MR) is 94.5 cm³/mol. The fourth-order valence-electron chi connectivity index (χ4n) is 2.25. The number of benzene rings is 2. The molecule has 24 heavy (non-hydrogen) atoms. The molecule has 2 amide bonds. The molecule has 2 aromatic carbocycles. The van der Waals surface area contributed by atoms with Crippen LogP contribution in [0.1, 0.15) is 11.1 Å². The normalized spacial score (nSPS) is 10.1. The standard InChI is InChI=1S/C19H24N2O3/c1-15-6-4-5-7-16(15)14-21(2)19(22)20-12-13-24-18-10-8-17(23-3)9-11-18/h4-11H,12-14H2,1-3H3,(H,20,22). The van der Waals surface area contributed by atoms with Crippen molar-refractivity contribution in [2.24, 2.45) is 0 Å². The summed E-state index contributed by atoms with van der Waals surface area (Å²) in [5, 5.41) is 2.85. The summed E-state index contributed by atoms with van der Waals surface area (Å²) in [6, 6.07) is 15.3. The molecule has 0 atom stereocenters. The van der Waals surface area contributed by atoms with Crippen LogP contribution in [0.4, 0.5) is 4.79 Å². The lowest BCUT2D eigenvalue weighted by Gasteiger charge is -2.19. The van der Waals surface area contributed by atoms with E-state index < -0.39 is 0 Å². The Kier molecular flexibility index (Phi) is 6.49. The van der Waals surface area contributed by atoms with Gasteiger partial charge in [-0.2, -0.15) is 0 Å². The minimum Gasteiger partial charge on any atom is -0.497 e. The Morgan fingerprint density at radius 1 is 1.08 bits per heavy atom. The maximum absolute atomic E-state index is 12.1. The van der Waals surface area contributed by atoms with Crippen LogP contribution in [-0.4, -0.2) is 38.2 Å². The van der Waals surface area contributed by atoms with Crippen molar-refractivity contribution >= 4 is 6.03 Å². The van der Waals surface area contributed by atoms with E-state index in [1.54, 1.807) is 19.1 Å². The molecule has 0 spiro atoms. The number of hydrogen-bond donors (Lipinski definition) is 1. The van der Waals surface area contributed by atoms with Crippen LogP contribution in [0.5, 0.6) is 11.5 Å². The van der Waals surface area contributed by atoms with Gasteiger partial charge in [-0.15, -0.1) is 0 Å². The highest BCUT2D eigenvalue weighted by atomic mass is 16.5. The Bertz CT molecular complexity index is 656. The van der Waals surface area contributed by atoms with E-state index in [-0.39, 0.29) is 6.03 Å². The number of nitrogens with zero attached hydrogens (tertiary/aromatic N) is 1. The lowest BCUT2D eigenvalue weighted by molar-refractivity contribution is 0.203. The third-order valence-corrected chi connectivity index (χ3v) is 3.72. The van der Waals surface area contributed by atoms with Crippen LogP contribution >= 0.6 is 0 Å². The van der Waals surface area contributed by atoms with Crippen LogP contribution in [0, 0.1) is 6.92 Å². The second-order valence-electron chi connectivity index (χ2n) is 5.54. The van der Waals surface area contributed by atoms with Crippen molar-refractivity contribution in [3.05, 3.63) is 59.7 Å². The number of ether oxygens (including phenoxy) is 2. The van der Waals surface area contributed by atoms with Gasteiger partial charge in [-0.05, 0) is 42.3 Å². The highest BCUT2D eigenvalue weighted by Crippen LogP contribution is 2.16. The number of rotatable bonds is 7. The summed E-state index contributed by atoms with van der Waals surface area (Å²) < 4.78 is 10.7. The Balaban J connectivity index is 1.71. The van der Waals surface area contributed by atoms with Crippen molar-refractivity contribution in [2.75, 3.05) is 27.3 Å². The number of methoxy groups -OCH3 is 1. The van der Waals surface area contributed by atoms with Gasteiger partial charge >= 0.3 is 6.03 Å². The molecule has 2 rings (SSSR count). The summed E-state index contributed by atoms with van der Waals surface area (Å²) in [4.78, 5) is 13.8. The molecule has 0 aliphatic rings. The molecule has 0 fully saturated rings. The molecule has 2 aromatic rings. The molecular formula is C19H24N2O3. The molecule has 0 radical (unpaired) electrons. The first-order valence-electron chi connectivity index (χ1n) is 7.90. The smallest absolute Gasteiger partial charge is 0.317 e. The minimum absolute atomic E-state index is 0.114. The first-order valence-corrected chi connectivity index (χ1v) is 7.90. The van der Waals surface area contributed by atoms with Gasteiger partial charge in [0.2, 0.25) is 0 Å². The zero-order chi connectivity index (χ0) is 17.4. The number of carbonyl (C=O) groups excluding carboxylic acids is 1. The maximum atomic E-state index is 12.1. The van der Waals surface area contributed by atoms with Crippen molar-refractivity contribution in [1.29, 1.82) is 0 Å². The van der Waals surface area contributed by atoms with Gasteiger partial charge in [-0.3, -0.25) is 0 Å². The highest BCUT2D eigenvalue weighted by Gasteiger charge is 2.09. The average Bonchev–Trinajstić information content (AvgIpc) is 2.61. The van der Waals surface area contributed by atoms with Gasteiger partial charge < -0.3 is 19.7 Å². The van der Waals surface area contributed by atoms with E-state index in [4.69, 9.17) is 9.47 Å². The van der Waals surface area contributed by atoms with Gasteiger partial charge in [-0.25, -0.2) is 4.79 Å². The second kappa shape index (κ2) is 8.82. The summed E-state index contributed by atoms with van der Waals surface area (Å²) in [5.41, 5.74) is 2.32. The topological polar surface area (TPSA) is 50.8 Å². The number of carbonyl (C=O) groups is 1. The van der Waals surface area contributed by atoms with Crippen molar-refractivity contribution in [3.8, 4) is 11.5 Å². The highest BCUT2D eigenvalue weighted by molar-refractivity contribution is 5.73. The molecule has 128 valence electrons. The molecular weight excluding hydrogens is 304 g/mol. The van der Waals surface area contributed by atoms with Crippen molar-refractivity contribution < 1.29 is 14.3 Å². The molecule has 0 heterocycles. The zero-order valence-corrected chi connectivity index (χ0v) is 14.4. The number of nitrogens with one attached hydrogen (secondary N) is 1. The monoisotopic (exact) mass is 328 g/mol. The molecule has 0 aliphatic carbocycles. The van der Waals surface area contributed by atoms with E-state index in [0.29, 0.717) is 19.7 Å². The SMILES string of the molecule is COc1ccc(OCCNC(=O)N(C)Cc2ccccc2C)cc1. The predicted octanol–water partition coefficient (Wildman–Crippen LogP) is 3.22. The van der Waals surface area contributed by atoms with Gasteiger partial charge in [-0.1, -0.05) is 24.3 Å². The van der Waals surface area contributed by atoms with Gasteiger partial charge in [0.05, 0.1) is 13.7 Å². The molecule has 0 aromatic heterocycles. The van der Waals surface area contributed by atoms with Gasteiger partial charge in [0, 0.05) is 13.6 Å². The quantitative estimate of drug-likeness (QED) is 0.794. The summed E-state index contributed by atoms with van der Waals surface area (Å²) in [6.45, 7) is 3.49. The number of amides is 2. The van der Waals surface area contributed by atoms with Crippen LogP contribution in [0.2, 0.25) is 0 Å². The van der Waals surface area contributed by atoms with Gasteiger partial charge in [0.15, 0.2) is 0 Å². The molecule has 0 unspecified atom stereocenters. The Morgan fingerprint density at radius 3 is 2.42 bits per heavy atom. The second-order valence-corrected chi connectivity index (χ2v) is 5.54. The maximum Gasteiger partial charge on any atom is 0.317 e. The van der Waals surface area contributed by atoms with E-state index in [9.17, 15) is 4.79 Å². The molecule has 1 N–H and O–H groups in total. The number of aryl methyl sites for hydroxylation is 1. The summed E-state index contributed by atoms with van der Waals surface area (Å²) in [6.07, 6.45) is 0. The lowest BCUT2D eigenvalue weighted by Crippen LogP contribution is -2.38. The van der Waals surface area contributed by atoms with Crippen molar-refractivity contribution in [2.45, 2.75) is 13.5 Å². The van der Waals surface area contributed by atoms with E-state index in [1.807, 2.05) is 55.5 Å². The third-order valence-electron chi connectivity index (χ3n) is 3.72. The molecule has 0 bridgehead atoms. The minimum atomic E-state index is -0.114.